The van der Waals surface area contributed by atoms with Crippen molar-refractivity contribution < 1.29 is 0 Å². The Morgan fingerprint density at radius 1 is 1.20 bits per heavy atom. The van der Waals surface area contributed by atoms with Crippen LogP contribution in [0.15, 0.2) is 0 Å². The molecule has 0 saturated carbocycles. The van der Waals surface area contributed by atoms with Crippen molar-refractivity contribution >= 4 is 0 Å². The quantitative estimate of drug-likeness (QED) is 0.653. The molecule has 0 amide bonds. The van der Waals surface area contributed by atoms with Crippen LogP contribution in [0.4, 0.5) is 0 Å². The van der Waals surface area contributed by atoms with Crippen molar-refractivity contribution in [2.45, 2.75) is 64.5 Å². The molecule has 0 aromatic carbocycles. The van der Waals surface area contributed by atoms with Crippen molar-refractivity contribution in [3.63, 3.8) is 0 Å². The second-order valence-electron chi connectivity index (χ2n) is 5.14. The van der Waals surface area contributed by atoms with Crippen molar-refractivity contribution in [3.05, 3.63) is 0 Å². The first kappa shape index (κ1) is 13.0. The number of rotatable bonds is 7. The minimum Gasteiger partial charge on any atom is -0.311 e. The number of nitrogens with one attached hydrogen (secondary N) is 1. The van der Waals surface area contributed by atoms with Gasteiger partial charge in [0.05, 0.1) is 0 Å². The lowest BCUT2D eigenvalue weighted by molar-refractivity contribution is 0.304. The van der Waals surface area contributed by atoms with Crippen LogP contribution in [0.3, 0.4) is 0 Å². The Hall–Kier alpha value is -0.0800. The van der Waals surface area contributed by atoms with E-state index >= 15 is 0 Å². The van der Waals surface area contributed by atoms with E-state index in [9.17, 15) is 0 Å². The van der Waals surface area contributed by atoms with Crippen LogP contribution in [-0.2, 0) is 0 Å². The lowest BCUT2D eigenvalue weighted by Crippen LogP contribution is -2.31. The summed E-state index contributed by atoms with van der Waals surface area (Å²) in [6.07, 6.45) is 8.14. The number of hydrogen-bond acceptors (Lipinski definition) is 2. The van der Waals surface area contributed by atoms with Gasteiger partial charge in [-0.05, 0) is 52.7 Å². The summed E-state index contributed by atoms with van der Waals surface area (Å²) in [5.74, 6) is 0. The topological polar surface area (TPSA) is 15.3 Å². The normalized spacial score (nSPS) is 26.4. The van der Waals surface area contributed by atoms with Gasteiger partial charge in [-0.25, -0.2) is 0 Å². The molecule has 1 aliphatic heterocycles. The molecule has 1 N–H and O–H groups in total. The molecule has 2 unspecified atom stereocenters. The molecule has 0 aliphatic carbocycles. The predicted molar refractivity (Wildman–Crippen MR) is 67.3 cm³/mol. The summed E-state index contributed by atoms with van der Waals surface area (Å²) in [6.45, 7) is 7.10. The molecular formula is C13H28N2. The number of unbranched alkanes of at least 4 members (excludes halogenated alkanes) is 2. The molecule has 2 atom stereocenters. The van der Waals surface area contributed by atoms with Crippen LogP contribution in [0.2, 0.25) is 0 Å². The van der Waals surface area contributed by atoms with E-state index in [0.29, 0.717) is 0 Å². The van der Waals surface area contributed by atoms with Crippen molar-refractivity contribution in [1.82, 2.24) is 10.2 Å². The Bertz CT molecular complexity index is 159. The second-order valence-corrected chi connectivity index (χ2v) is 5.14. The molecule has 1 heterocycles. The molecule has 0 bridgehead atoms. The molecule has 0 aromatic rings. The molecular weight excluding hydrogens is 184 g/mol. The van der Waals surface area contributed by atoms with Gasteiger partial charge in [-0.15, -0.1) is 0 Å². The Morgan fingerprint density at radius 2 is 2.00 bits per heavy atom. The molecule has 0 aromatic heterocycles. The molecule has 1 aliphatic rings. The van der Waals surface area contributed by atoms with E-state index in [-0.39, 0.29) is 0 Å². The lowest BCUT2D eigenvalue weighted by Gasteiger charge is -2.19. The average Bonchev–Trinajstić information content (AvgIpc) is 2.62. The maximum absolute atomic E-state index is 3.65. The van der Waals surface area contributed by atoms with E-state index in [2.05, 4.69) is 31.1 Å². The summed E-state index contributed by atoms with van der Waals surface area (Å²) >= 11 is 0. The molecule has 1 fully saturated rings. The zero-order valence-corrected chi connectivity index (χ0v) is 10.8. The van der Waals surface area contributed by atoms with Crippen LogP contribution in [0.5, 0.6) is 0 Å². The summed E-state index contributed by atoms with van der Waals surface area (Å²) in [5.41, 5.74) is 0. The van der Waals surface area contributed by atoms with Crippen LogP contribution in [0.25, 0.3) is 0 Å². The first-order valence-corrected chi connectivity index (χ1v) is 6.67. The van der Waals surface area contributed by atoms with Gasteiger partial charge < -0.3 is 10.2 Å². The van der Waals surface area contributed by atoms with E-state index in [1.165, 1.54) is 51.6 Å². The Balaban J connectivity index is 1.98. The van der Waals surface area contributed by atoms with Gasteiger partial charge in [0.1, 0.15) is 0 Å². The van der Waals surface area contributed by atoms with Crippen LogP contribution < -0.4 is 5.32 Å². The fourth-order valence-corrected chi connectivity index (χ4v) is 2.37. The molecule has 1 rings (SSSR count). The standard InChI is InChI=1S/C13H28N2/c1-4-5-6-10-15(3)11-9-13-8-7-12(2)14-13/h12-14H,4-11H2,1-3H3. The summed E-state index contributed by atoms with van der Waals surface area (Å²) < 4.78 is 0. The third kappa shape index (κ3) is 5.53. The molecule has 90 valence electrons. The highest BCUT2D eigenvalue weighted by Crippen LogP contribution is 2.14. The van der Waals surface area contributed by atoms with E-state index in [1.54, 1.807) is 0 Å². The summed E-state index contributed by atoms with van der Waals surface area (Å²) in [6, 6.07) is 1.54. The SMILES string of the molecule is CCCCCN(C)CCC1CCC(C)N1. The van der Waals surface area contributed by atoms with Crippen molar-refractivity contribution in [2.24, 2.45) is 0 Å². The molecule has 2 heteroatoms. The van der Waals surface area contributed by atoms with E-state index < -0.39 is 0 Å². The van der Waals surface area contributed by atoms with Gasteiger partial charge in [0.15, 0.2) is 0 Å². The Kier molecular flexibility index (Phi) is 6.26. The van der Waals surface area contributed by atoms with Gasteiger partial charge in [0, 0.05) is 12.1 Å². The maximum atomic E-state index is 3.65. The van der Waals surface area contributed by atoms with Gasteiger partial charge in [-0.2, -0.15) is 0 Å². The van der Waals surface area contributed by atoms with Crippen LogP contribution >= 0.6 is 0 Å². The van der Waals surface area contributed by atoms with Crippen molar-refractivity contribution in [3.8, 4) is 0 Å². The maximum Gasteiger partial charge on any atom is 0.00822 e. The Labute approximate surface area is 95.4 Å². The summed E-state index contributed by atoms with van der Waals surface area (Å²) in [4.78, 5) is 2.49. The van der Waals surface area contributed by atoms with Gasteiger partial charge in [-0.3, -0.25) is 0 Å². The fourth-order valence-electron chi connectivity index (χ4n) is 2.37. The first-order chi connectivity index (χ1) is 7.22. The van der Waals surface area contributed by atoms with Crippen molar-refractivity contribution in [1.29, 1.82) is 0 Å². The monoisotopic (exact) mass is 212 g/mol. The smallest absolute Gasteiger partial charge is 0.00822 e. The number of hydrogen-bond donors (Lipinski definition) is 1. The lowest BCUT2D eigenvalue weighted by atomic mass is 10.1. The molecule has 15 heavy (non-hydrogen) atoms. The summed E-state index contributed by atoms with van der Waals surface area (Å²) in [5, 5.41) is 3.65. The highest BCUT2D eigenvalue weighted by molar-refractivity contribution is 4.80. The minimum absolute atomic E-state index is 0.750. The second kappa shape index (κ2) is 7.24. The Morgan fingerprint density at radius 3 is 2.60 bits per heavy atom. The largest absolute Gasteiger partial charge is 0.311 e. The highest BCUT2D eigenvalue weighted by Gasteiger charge is 2.19. The molecule has 1 saturated heterocycles. The van der Waals surface area contributed by atoms with Gasteiger partial charge in [0.2, 0.25) is 0 Å². The molecule has 2 nitrogen and oxygen atoms in total. The predicted octanol–water partition coefficient (Wildman–Crippen LogP) is 2.64. The molecule has 0 radical (unpaired) electrons. The summed E-state index contributed by atoms with van der Waals surface area (Å²) in [7, 11) is 2.26. The molecule has 0 spiro atoms. The van der Waals surface area contributed by atoms with Gasteiger partial charge in [0.25, 0.3) is 0 Å². The average molecular weight is 212 g/mol. The fraction of sp³-hybridized carbons (Fsp3) is 1.00. The van der Waals surface area contributed by atoms with E-state index in [1.807, 2.05) is 0 Å². The first-order valence-electron chi connectivity index (χ1n) is 6.67. The third-order valence-electron chi connectivity index (χ3n) is 3.47. The van der Waals surface area contributed by atoms with Gasteiger partial charge in [-0.1, -0.05) is 19.8 Å². The number of nitrogens with zero attached hydrogens (tertiary/aromatic N) is 1. The zero-order valence-electron chi connectivity index (χ0n) is 10.8. The van der Waals surface area contributed by atoms with E-state index in [4.69, 9.17) is 0 Å². The van der Waals surface area contributed by atoms with Crippen LogP contribution in [-0.4, -0.2) is 37.1 Å². The van der Waals surface area contributed by atoms with Crippen LogP contribution in [0.1, 0.15) is 52.4 Å². The highest BCUT2D eigenvalue weighted by atomic mass is 15.1. The van der Waals surface area contributed by atoms with Crippen LogP contribution in [0, 0.1) is 0 Å². The zero-order chi connectivity index (χ0) is 11.1. The van der Waals surface area contributed by atoms with Crippen molar-refractivity contribution in [2.75, 3.05) is 20.1 Å². The van der Waals surface area contributed by atoms with Gasteiger partial charge >= 0.3 is 0 Å². The van der Waals surface area contributed by atoms with E-state index in [0.717, 1.165) is 12.1 Å². The third-order valence-corrected chi connectivity index (χ3v) is 3.47. The minimum atomic E-state index is 0.750.